The Morgan fingerprint density at radius 3 is 1.73 bits per heavy atom. The molecule has 3 nitrogen and oxygen atoms in total. The Morgan fingerprint density at radius 1 is 0.344 bits per heavy atom. The Kier molecular flexibility index (Phi) is 8.40. The van der Waals surface area contributed by atoms with Gasteiger partial charge in [0.05, 0.1) is 22.2 Å². The second kappa shape index (κ2) is 14.7. The van der Waals surface area contributed by atoms with Gasteiger partial charge in [0.25, 0.3) is 0 Å². The summed E-state index contributed by atoms with van der Waals surface area (Å²) in [7, 11) is 0. The van der Waals surface area contributed by atoms with E-state index in [1.54, 1.807) is 0 Å². The number of rotatable bonds is 6. The van der Waals surface area contributed by atoms with Gasteiger partial charge in [0.2, 0.25) is 0 Å². The quantitative estimate of drug-likeness (QED) is 0.167. The molecule has 298 valence electrons. The first-order chi connectivity index (χ1) is 31.7. The summed E-state index contributed by atoms with van der Waals surface area (Å²) in [4.78, 5) is 10.8. The minimum absolute atomic E-state index is 0.705. The van der Waals surface area contributed by atoms with E-state index in [-0.39, 0.29) is 0 Å². The van der Waals surface area contributed by atoms with Crippen molar-refractivity contribution < 1.29 is 0 Å². The minimum atomic E-state index is 0.705. The predicted octanol–water partition coefficient (Wildman–Crippen LogP) is 16.6. The molecule has 0 saturated carbocycles. The topological polar surface area (TPSA) is 30.7 Å². The molecule has 0 saturated heterocycles. The van der Waals surface area contributed by atoms with Crippen LogP contribution in [0.15, 0.2) is 224 Å². The lowest BCUT2D eigenvalue weighted by Crippen LogP contribution is -1.96. The number of hydrogen-bond acceptors (Lipinski definition) is 3. The van der Waals surface area contributed by atoms with E-state index in [1.165, 1.54) is 63.9 Å². The maximum Gasteiger partial charge on any atom is 0.160 e. The summed E-state index contributed by atoms with van der Waals surface area (Å²) in [6.07, 6.45) is 0. The molecule has 0 N–H and O–H groups in total. The Morgan fingerprint density at radius 2 is 0.969 bits per heavy atom. The molecule has 64 heavy (non-hydrogen) atoms. The zero-order chi connectivity index (χ0) is 42.1. The third kappa shape index (κ3) is 5.95. The maximum absolute atomic E-state index is 5.53. The van der Waals surface area contributed by atoms with E-state index in [1.807, 2.05) is 11.3 Å². The van der Waals surface area contributed by atoms with Gasteiger partial charge >= 0.3 is 0 Å². The minimum Gasteiger partial charge on any atom is -0.309 e. The number of thiophene rings is 1. The van der Waals surface area contributed by atoms with Gasteiger partial charge in [-0.05, 0) is 117 Å². The first kappa shape index (κ1) is 36.5. The first-order valence-corrected chi connectivity index (χ1v) is 22.5. The van der Waals surface area contributed by atoms with E-state index >= 15 is 0 Å². The summed E-state index contributed by atoms with van der Waals surface area (Å²) in [6, 6.07) is 81.0. The van der Waals surface area contributed by atoms with Gasteiger partial charge in [-0.1, -0.05) is 152 Å². The van der Waals surface area contributed by atoms with Gasteiger partial charge in [0.1, 0.15) is 0 Å². The van der Waals surface area contributed by atoms with Gasteiger partial charge in [-0.3, -0.25) is 0 Å². The van der Waals surface area contributed by atoms with Crippen molar-refractivity contribution in [1.29, 1.82) is 0 Å². The van der Waals surface area contributed by atoms with Crippen molar-refractivity contribution in [2.45, 2.75) is 0 Å². The SMILES string of the molecule is c1ccc(-c2cc(-c3ccccc3)cc(-c3nc(-c4cccc5sc6ccc(-c7ccc8c(c7)c7c9ccccc9ccc7n8-c7ccccc7)cc6c45)c4ccccc4n3)c2)cc1. The summed E-state index contributed by atoms with van der Waals surface area (Å²) in [5.74, 6) is 0.705. The molecule has 13 rings (SSSR count). The van der Waals surface area contributed by atoms with E-state index in [0.29, 0.717) is 5.82 Å². The largest absolute Gasteiger partial charge is 0.309 e. The Hall–Kier alpha value is -8.18. The van der Waals surface area contributed by atoms with E-state index in [4.69, 9.17) is 9.97 Å². The lowest BCUT2D eigenvalue weighted by atomic mass is 9.95. The number of aromatic nitrogens is 3. The van der Waals surface area contributed by atoms with Crippen LogP contribution in [0.25, 0.3) is 125 Å². The van der Waals surface area contributed by atoms with Crippen LogP contribution in [0.3, 0.4) is 0 Å². The smallest absolute Gasteiger partial charge is 0.160 e. The van der Waals surface area contributed by atoms with E-state index < -0.39 is 0 Å². The van der Waals surface area contributed by atoms with Crippen LogP contribution < -0.4 is 0 Å². The monoisotopic (exact) mass is 831 g/mol. The summed E-state index contributed by atoms with van der Waals surface area (Å²) in [5, 5.41) is 8.51. The number of nitrogens with zero attached hydrogens (tertiary/aromatic N) is 3. The second-order valence-corrected chi connectivity index (χ2v) is 17.6. The van der Waals surface area contributed by atoms with Crippen molar-refractivity contribution >= 4 is 75.0 Å². The molecule has 13 aromatic rings. The molecule has 0 unspecified atom stereocenters. The molecule has 0 spiro atoms. The van der Waals surface area contributed by atoms with Gasteiger partial charge in [-0.15, -0.1) is 11.3 Å². The molecular formula is C60H37N3S. The fraction of sp³-hybridized carbons (Fsp3) is 0. The fourth-order valence-electron chi connectivity index (χ4n) is 9.79. The standard InChI is InChI=1S/C60H37N3S/c1-4-15-38(16-5-1)43-33-44(39-17-6-2-7-18-39)35-45(34-43)60-61-52-25-13-12-23-48(52)59(62-60)49-24-14-26-56-58(49)51-37-42(29-32-55(51)64-56)41-28-30-53-50(36-41)57-47-22-11-10-19-40(47)27-31-54(57)63(53)46-20-8-3-9-21-46/h1-37H. The highest BCUT2D eigenvalue weighted by atomic mass is 32.1. The van der Waals surface area contributed by atoms with Crippen LogP contribution in [-0.2, 0) is 0 Å². The molecule has 4 heteroatoms. The molecule has 0 aliphatic carbocycles. The lowest BCUT2D eigenvalue weighted by Gasteiger charge is -2.13. The zero-order valence-corrected chi connectivity index (χ0v) is 35.4. The summed E-state index contributed by atoms with van der Waals surface area (Å²) in [5.41, 5.74) is 14.4. The Balaban J connectivity index is 1.01. The summed E-state index contributed by atoms with van der Waals surface area (Å²) < 4.78 is 4.89. The molecule has 3 heterocycles. The third-order valence-electron chi connectivity index (χ3n) is 12.8. The third-order valence-corrected chi connectivity index (χ3v) is 13.9. The second-order valence-electron chi connectivity index (χ2n) is 16.5. The number of fused-ring (bicyclic) bond motifs is 9. The highest BCUT2D eigenvalue weighted by Gasteiger charge is 2.20. The van der Waals surface area contributed by atoms with Gasteiger partial charge in [0, 0.05) is 53.1 Å². The molecule has 0 bridgehead atoms. The van der Waals surface area contributed by atoms with E-state index in [0.717, 1.165) is 55.7 Å². The molecule has 0 amide bonds. The molecular weight excluding hydrogens is 795 g/mol. The van der Waals surface area contributed by atoms with Crippen molar-refractivity contribution in [3.8, 4) is 61.7 Å². The Bertz CT molecular complexity index is 3890. The van der Waals surface area contributed by atoms with Crippen LogP contribution in [0.2, 0.25) is 0 Å². The fourth-order valence-corrected chi connectivity index (χ4v) is 10.9. The molecule has 0 fully saturated rings. The van der Waals surface area contributed by atoms with E-state index in [9.17, 15) is 0 Å². The molecule has 0 radical (unpaired) electrons. The van der Waals surface area contributed by atoms with Crippen LogP contribution in [-0.4, -0.2) is 14.5 Å². The van der Waals surface area contributed by atoms with Gasteiger partial charge in [-0.2, -0.15) is 0 Å². The van der Waals surface area contributed by atoms with Crippen LogP contribution in [0, 0.1) is 0 Å². The predicted molar refractivity (Wildman–Crippen MR) is 271 cm³/mol. The van der Waals surface area contributed by atoms with Crippen molar-refractivity contribution in [2.24, 2.45) is 0 Å². The van der Waals surface area contributed by atoms with Gasteiger partial charge in [-0.25, -0.2) is 9.97 Å². The van der Waals surface area contributed by atoms with Crippen LogP contribution in [0.4, 0.5) is 0 Å². The van der Waals surface area contributed by atoms with Crippen LogP contribution >= 0.6 is 11.3 Å². The molecule has 0 atom stereocenters. The van der Waals surface area contributed by atoms with Crippen LogP contribution in [0.1, 0.15) is 0 Å². The normalized spacial score (nSPS) is 11.8. The zero-order valence-electron chi connectivity index (χ0n) is 34.6. The average Bonchev–Trinajstić information content (AvgIpc) is 3.92. The van der Waals surface area contributed by atoms with Gasteiger partial charge in [0.15, 0.2) is 5.82 Å². The van der Waals surface area contributed by atoms with Crippen molar-refractivity contribution in [3.63, 3.8) is 0 Å². The Labute approximate surface area is 373 Å². The molecule has 0 aliphatic heterocycles. The van der Waals surface area contributed by atoms with Crippen molar-refractivity contribution in [2.75, 3.05) is 0 Å². The van der Waals surface area contributed by atoms with Crippen LogP contribution in [0.5, 0.6) is 0 Å². The molecule has 10 aromatic carbocycles. The number of benzene rings is 10. The van der Waals surface area contributed by atoms with E-state index in [2.05, 4.69) is 229 Å². The first-order valence-electron chi connectivity index (χ1n) is 21.7. The lowest BCUT2D eigenvalue weighted by molar-refractivity contribution is 1.18. The number of para-hydroxylation sites is 2. The van der Waals surface area contributed by atoms with Gasteiger partial charge < -0.3 is 4.57 Å². The summed E-state index contributed by atoms with van der Waals surface area (Å²) in [6.45, 7) is 0. The van der Waals surface area contributed by atoms with Crippen molar-refractivity contribution in [3.05, 3.63) is 224 Å². The van der Waals surface area contributed by atoms with Crippen molar-refractivity contribution in [1.82, 2.24) is 14.5 Å². The highest BCUT2D eigenvalue weighted by molar-refractivity contribution is 7.26. The highest BCUT2D eigenvalue weighted by Crippen LogP contribution is 2.45. The summed E-state index contributed by atoms with van der Waals surface area (Å²) >= 11 is 1.84. The maximum atomic E-state index is 5.53. The average molecular weight is 832 g/mol. The number of hydrogen-bond donors (Lipinski definition) is 0. The molecule has 3 aromatic heterocycles. The molecule has 0 aliphatic rings.